The lowest BCUT2D eigenvalue weighted by Crippen LogP contribution is -2.35. The molecular formula is C18H26N4O. The largest absolute Gasteiger partial charge is 0.349 e. The van der Waals surface area contributed by atoms with Crippen LogP contribution in [0.5, 0.6) is 0 Å². The Morgan fingerprint density at radius 2 is 2.00 bits per heavy atom. The number of rotatable bonds is 7. The molecule has 2 rings (SSSR count). The third-order valence-electron chi connectivity index (χ3n) is 3.91. The quantitative estimate of drug-likeness (QED) is 0.853. The van der Waals surface area contributed by atoms with Crippen molar-refractivity contribution in [3.05, 3.63) is 53.3 Å². The number of aromatic nitrogens is 2. The van der Waals surface area contributed by atoms with Crippen LogP contribution in [-0.4, -0.2) is 47.3 Å². The van der Waals surface area contributed by atoms with E-state index in [9.17, 15) is 4.79 Å². The molecule has 0 bridgehead atoms. The van der Waals surface area contributed by atoms with Crippen molar-refractivity contribution in [1.82, 2.24) is 20.0 Å². The Kier molecular flexibility index (Phi) is 5.93. The van der Waals surface area contributed by atoms with Gasteiger partial charge in [-0.25, -0.2) is 0 Å². The minimum absolute atomic E-state index is 0.0481. The number of nitrogens with zero attached hydrogens (tertiary/aromatic N) is 3. The van der Waals surface area contributed by atoms with Gasteiger partial charge in [-0.3, -0.25) is 9.48 Å². The van der Waals surface area contributed by atoms with Crippen molar-refractivity contribution in [2.75, 3.05) is 20.6 Å². The molecule has 124 valence electrons. The van der Waals surface area contributed by atoms with Crippen molar-refractivity contribution in [2.24, 2.45) is 0 Å². The lowest BCUT2D eigenvalue weighted by atomic mass is 10.2. The van der Waals surface area contributed by atoms with E-state index in [0.29, 0.717) is 12.1 Å². The van der Waals surface area contributed by atoms with Gasteiger partial charge in [0.25, 0.3) is 5.91 Å². The molecule has 0 saturated carbocycles. The van der Waals surface area contributed by atoms with Crippen molar-refractivity contribution >= 4 is 5.91 Å². The van der Waals surface area contributed by atoms with Gasteiger partial charge < -0.3 is 10.2 Å². The number of hydrogen-bond donors (Lipinski definition) is 1. The fourth-order valence-corrected chi connectivity index (χ4v) is 2.41. The molecular weight excluding hydrogens is 288 g/mol. The number of nitrogens with one attached hydrogen (secondary N) is 1. The normalized spacial score (nSPS) is 12.4. The standard InChI is InChI=1S/C18H26N4O/c1-14(10-11-21(3)4)20-18(23)17-12-19-22(15(17)2)13-16-8-6-5-7-9-16/h5-9,12,14H,10-11,13H2,1-4H3,(H,20,23). The highest BCUT2D eigenvalue weighted by molar-refractivity contribution is 5.95. The van der Waals surface area contributed by atoms with Gasteiger partial charge in [-0.15, -0.1) is 0 Å². The zero-order chi connectivity index (χ0) is 16.8. The van der Waals surface area contributed by atoms with E-state index in [1.54, 1.807) is 6.20 Å². The molecule has 1 amide bonds. The minimum Gasteiger partial charge on any atom is -0.349 e. The van der Waals surface area contributed by atoms with Crippen LogP contribution < -0.4 is 5.32 Å². The molecule has 0 spiro atoms. The molecule has 2 aromatic rings. The summed E-state index contributed by atoms with van der Waals surface area (Å²) in [7, 11) is 4.07. The highest BCUT2D eigenvalue weighted by Crippen LogP contribution is 2.10. The summed E-state index contributed by atoms with van der Waals surface area (Å²) < 4.78 is 1.87. The Morgan fingerprint density at radius 1 is 1.30 bits per heavy atom. The number of benzene rings is 1. The molecule has 5 heteroatoms. The molecule has 1 heterocycles. The molecule has 0 radical (unpaired) electrons. The van der Waals surface area contributed by atoms with Crippen LogP contribution in [0.2, 0.25) is 0 Å². The first-order valence-electron chi connectivity index (χ1n) is 7.99. The highest BCUT2D eigenvalue weighted by Gasteiger charge is 2.16. The van der Waals surface area contributed by atoms with Crippen LogP contribution in [0.1, 0.15) is 35.0 Å². The Morgan fingerprint density at radius 3 is 2.65 bits per heavy atom. The van der Waals surface area contributed by atoms with Gasteiger partial charge in [0.15, 0.2) is 0 Å². The summed E-state index contributed by atoms with van der Waals surface area (Å²) in [5, 5.41) is 7.41. The van der Waals surface area contributed by atoms with Gasteiger partial charge in [0.05, 0.1) is 18.3 Å². The molecule has 0 aliphatic heterocycles. The molecule has 1 aromatic heterocycles. The summed E-state index contributed by atoms with van der Waals surface area (Å²) in [6.45, 7) is 5.60. The predicted molar refractivity (Wildman–Crippen MR) is 92.6 cm³/mol. The zero-order valence-corrected chi connectivity index (χ0v) is 14.4. The van der Waals surface area contributed by atoms with E-state index in [0.717, 1.165) is 18.7 Å². The van der Waals surface area contributed by atoms with Crippen molar-refractivity contribution in [2.45, 2.75) is 32.9 Å². The molecule has 23 heavy (non-hydrogen) atoms. The minimum atomic E-state index is -0.0481. The van der Waals surface area contributed by atoms with Gasteiger partial charge in [-0.1, -0.05) is 30.3 Å². The Balaban J connectivity index is 1.99. The van der Waals surface area contributed by atoms with E-state index < -0.39 is 0 Å². The second kappa shape index (κ2) is 7.92. The maximum Gasteiger partial charge on any atom is 0.254 e. The van der Waals surface area contributed by atoms with Crippen LogP contribution in [0.4, 0.5) is 0 Å². The van der Waals surface area contributed by atoms with Gasteiger partial charge in [0.1, 0.15) is 0 Å². The summed E-state index contributed by atoms with van der Waals surface area (Å²) in [6.07, 6.45) is 2.59. The third kappa shape index (κ3) is 4.93. The van der Waals surface area contributed by atoms with Gasteiger partial charge >= 0.3 is 0 Å². The monoisotopic (exact) mass is 314 g/mol. The van der Waals surface area contributed by atoms with E-state index in [4.69, 9.17) is 0 Å². The van der Waals surface area contributed by atoms with Crippen LogP contribution in [0.15, 0.2) is 36.5 Å². The van der Waals surface area contributed by atoms with Gasteiger partial charge in [-0.2, -0.15) is 5.10 Å². The molecule has 0 aliphatic carbocycles. The van der Waals surface area contributed by atoms with Crippen LogP contribution in [-0.2, 0) is 6.54 Å². The molecule has 0 aliphatic rings. The van der Waals surface area contributed by atoms with E-state index >= 15 is 0 Å². The van der Waals surface area contributed by atoms with Crippen molar-refractivity contribution in [3.63, 3.8) is 0 Å². The first kappa shape index (κ1) is 17.2. The zero-order valence-electron chi connectivity index (χ0n) is 14.4. The lowest BCUT2D eigenvalue weighted by molar-refractivity contribution is 0.0936. The maximum absolute atomic E-state index is 12.4. The predicted octanol–water partition coefficient (Wildman–Crippen LogP) is 2.31. The third-order valence-corrected chi connectivity index (χ3v) is 3.91. The Hall–Kier alpha value is -2.14. The first-order valence-corrected chi connectivity index (χ1v) is 7.99. The van der Waals surface area contributed by atoms with Crippen LogP contribution >= 0.6 is 0 Å². The molecule has 1 aromatic carbocycles. The fourth-order valence-electron chi connectivity index (χ4n) is 2.41. The summed E-state index contributed by atoms with van der Waals surface area (Å²) in [5.41, 5.74) is 2.72. The Labute approximate surface area is 138 Å². The average Bonchev–Trinajstić information content (AvgIpc) is 2.87. The molecule has 1 unspecified atom stereocenters. The van der Waals surface area contributed by atoms with Gasteiger partial charge in [-0.05, 0) is 46.5 Å². The Bertz CT molecular complexity index is 634. The summed E-state index contributed by atoms with van der Waals surface area (Å²) in [4.78, 5) is 14.5. The van der Waals surface area contributed by atoms with Crippen molar-refractivity contribution in [3.8, 4) is 0 Å². The number of carbonyl (C=O) groups is 1. The number of hydrogen-bond acceptors (Lipinski definition) is 3. The molecule has 5 nitrogen and oxygen atoms in total. The highest BCUT2D eigenvalue weighted by atomic mass is 16.1. The number of amides is 1. The second-order valence-corrected chi connectivity index (χ2v) is 6.25. The second-order valence-electron chi connectivity index (χ2n) is 6.25. The van der Waals surface area contributed by atoms with Crippen LogP contribution in [0, 0.1) is 6.92 Å². The maximum atomic E-state index is 12.4. The van der Waals surface area contributed by atoms with E-state index in [-0.39, 0.29) is 11.9 Å². The average molecular weight is 314 g/mol. The summed E-state index contributed by atoms with van der Waals surface area (Å²) in [5.74, 6) is -0.0481. The number of carbonyl (C=O) groups excluding carboxylic acids is 1. The molecule has 1 N–H and O–H groups in total. The lowest BCUT2D eigenvalue weighted by Gasteiger charge is -2.16. The van der Waals surface area contributed by atoms with Crippen molar-refractivity contribution < 1.29 is 4.79 Å². The van der Waals surface area contributed by atoms with Crippen LogP contribution in [0.25, 0.3) is 0 Å². The molecule has 1 atom stereocenters. The van der Waals surface area contributed by atoms with Crippen molar-refractivity contribution in [1.29, 1.82) is 0 Å². The van der Waals surface area contributed by atoms with Gasteiger partial charge in [0.2, 0.25) is 0 Å². The SMILES string of the molecule is Cc1c(C(=O)NC(C)CCN(C)C)cnn1Cc1ccccc1. The van der Waals surface area contributed by atoms with E-state index in [1.165, 1.54) is 5.56 Å². The summed E-state index contributed by atoms with van der Waals surface area (Å²) in [6, 6.07) is 10.3. The fraction of sp³-hybridized carbons (Fsp3) is 0.444. The first-order chi connectivity index (χ1) is 11.0. The van der Waals surface area contributed by atoms with E-state index in [1.807, 2.05) is 50.8 Å². The van der Waals surface area contributed by atoms with Gasteiger partial charge in [0, 0.05) is 11.7 Å². The smallest absolute Gasteiger partial charge is 0.254 e. The topological polar surface area (TPSA) is 50.2 Å². The summed E-state index contributed by atoms with van der Waals surface area (Å²) >= 11 is 0. The van der Waals surface area contributed by atoms with E-state index in [2.05, 4.69) is 27.4 Å². The van der Waals surface area contributed by atoms with Crippen LogP contribution in [0.3, 0.4) is 0 Å². The molecule has 0 fully saturated rings. The molecule has 0 saturated heterocycles.